The van der Waals surface area contributed by atoms with Crippen LogP contribution in [-0.4, -0.2) is 16.1 Å². The highest BCUT2D eigenvalue weighted by Crippen LogP contribution is 2.34. The molecule has 2 rings (SSSR count). The fourth-order valence-corrected chi connectivity index (χ4v) is 2.97. The monoisotopic (exact) mass is 376 g/mol. The van der Waals surface area contributed by atoms with Gasteiger partial charge in [-0.25, -0.2) is 0 Å². The number of carbonyl (C=O) groups is 1. The molecule has 8 heteroatoms. The van der Waals surface area contributed by atoms with E-state index in [0.717, 1.165) is 4.47 Å². The zero-order valence-corrected chi connectivity index (χ0v) is 13.5. The van der Waals surface area contributed by atoms with E-state index >= 15 is 0 Å². The van der Waals surface area contributed by atoms with Crippen LogP contribution in [0.3, 0.4) is 0 Å². The molecule has 1 aromatic heterocycles. The van der Waals surface area contributed by atoms with Crippen LogP contribution in [0.1, 0.15) is 23.1 Å². The Hall–Kier alpha value is -1.24. The molecule has 0 spiro atoms. The SMILES string of the molecule is CCc1[nH]nc(C(=O)Nc2c(Cl)cc(Br)cc2Cl)c1N. The summed E-state index contributed by atoms with van der Waals surface area (Å²) in [6, 6.07) is 3.27. The fraction of sp³-hybridized carbons (Fsp3) is 0.167. The summed E-state index contributed by atoms with van der Waals surface area (Å²) in [4.78, 5) is 12.2. The third kappa shape index (κ3) is 2.92. The zero-order chi connectivity index (χ0) is 14.9. The van der Waals surface area contributed by atoms with E-state index in [1.807, 2.05) is 6.92 Å². The van der Waals surface area contributed by atoms with Gasteiger partial charge in [-0.3, -0.25) is 9.89 Å². The maximum atomic E-state index is 12.2. The lowest BCUT2D eigenvalue weighted by Crippen LogP contribution is -2.15. The van der Waals surface area contributed by atoms with E-state index < -0.39 is 5.91 Å². The van der Waals surface area contributed by atoms with E-state index in [2.05, 4.69) is 31.4 Å². The summed E-state index contributed by atoms with van der Waals surface area (Å²) in [5, 5.41) is 9.88. The van der Waals surface area contributed by atoms with Gasteiger partial charge in [-0.05, 0) is 18.6 Å². The molecule has 0 radical (unpaired) electrons. The van der Waals surface area contributed by atoms with E-state index in [-0.39, 0.29) is 5.69 Å². The summed E-state index contributed by atoms with van der Waals surface area (Å²) < 4.78 is 0.720. The van der Waals surface area contributed by atoms with Crippen molar-refractivity contribution in [2.45, 2.75) is 13.3 Å². The smallest absolute Gasteiger partial charge is 0.278 e. The third-order valence-corrected chi connectivity index (χ3v) is 3.75. The van der Waals surface area contributed by atoms with Gasteiger partial charge in [0.05, 0.1) is 27.1 Å². The van der Waals surface area contributed by atoms with Crippen molar-refractivity contribution >= 4 is 56.4 Å². The molecule has 0 aliphatic carbocycles. The molecule has 5 nitrogen and oxygen atoms in total. The lowest BCUT2D eigenvalue weighted by atomic mass is 10.2. The summed E-state index contributed by atoms with van der Waals surface area (Å²) >= 11 is 15.4. The molecular formula is C12H11BrCl2N4O. The van der Waals surface area contributed by atoms with Crippen LogP contribution in [0.5, 0.6) is 0 Å². The second-order valence-corrected chi connectivity index (χ2v) is 5.75. The summed E-state index contributed by atoms with van der Waals surface area (Å²) in [6.07, 6.45) is 0.659. The van der Waals surface area contributed by atoms with E-state index in [9.17, 15) is 4.79 Å². The maximum Gasteiger partial charge on any atom is 0.278 e. The number of nitrogens with one attached hydrogen (secondary N) is 2. The first kappa shape index (κ1) is 15.2. The molecule has 0 aliphatic rings. The van der Waals surface area contributed by atoms with Crippen LogP contribution in [0.25, 0.3) is 0 Å². The predicted octanol–water partition coefficient (Wildman–Crippen LogP) is 3.88. The van der Waals surface area contributed by atoms with Crippen LogP contribution in [0, 0.1) is 0 Å². The van der Waals surface area contributed by atoms with Crippen molar-refractivity contribution in [1.82, 2.24) is 10.2 Å². The Morgan fingerprint density at radius 1 is 1.45 bits per heavy atom. The molecule has 0 saturated carbocycles. The Morgan fingerprint density at radius 3 is 2.55 bits per heavy atom. The highest BCUT2D eigenvalue weighted by molar-refractivity contribution is 9.10. The molecule has 106 valence electrons. The number of aromatic amines is 1. The number of hydrogen-bond acceptors (Lipinski definition) is 3. The van der Waals surface area contributed by atoms with E-state index in [1.54, 1.807) is 12.1 Å². The van der Waals surface area contributed by atoms with Gasteiger partial charge in [-0.1, -0.05) is 46.1 Å². The van der Waals surface area contributed by atoms with Crippen molar-refractivity contribution in [1.29, 1.82) is 0 Å². The van der Waals surface area contributed by atoms with Crippen LogP contribution in [0.15, 0.2) is 16.6 Å². The summed E-state index contributed by atoms with van der Waals surface area (Å²) in [5.41, 5.74) is 7.32. The maximum absolute atomic E-state index is 12.2. The number of nitrogens with zero attached hydrogens (tertiary/aromatic N) is 1. The molecule has 0 aliphatic heterocycles. The molecular weight excluding hydrogens is 367 g/mol. The van der Waals surface area contributed by atoms with Gasteiger partial charge in [0, 0.05) is 4.47 Å². The number of H-pyrrole nitrogens is 1. The molecule has 1 heterocycles. The van der Waals surface area contributed by atoms with E-state index in [4.69, 9.17) is 28.9 Å². The number of benzene rings is 1. The van der Waals surface area contributed by atoms with Gasteiger partial charge in [0.1, 0.15) is 0 Å². The molecule has 1 aromatic carbocycles. The Morgan fingerprint density at radius 2 is 2.05 bits per heavy atom. The number of aryl methyl sites for hydroxylation is 1. The van der Waals surface area contributed by atoms with Crippen LogP contribution >= 0.6 is 39.1 Å². The number of amides is 1. The average molecular weight is 378 g/mol. The quantitative estimate of drug-likeness (QED) is 0.758. The molecule has 2 aromatic rings. The van der Waals surface area contributed by atoms with Crippen molar-refractivity contribution in [2.24, 2.45) is 0 Å². The van der Waals surface area contributed by atoms with Gasteiger partial charge in [0.25, 0.3) is 5.91 Å². The Kier molecular flexibility index (Phi) is 4.57. The lowest BCUT2D eigenvalue weighted by molar-refractivity contribution is 0.102. The van der Waals surface area contributed by atoms with Gasteiger partial charge in [0.15, 0.2) is 5.69 Å². The van der Waals surface area contributed by atoms with Crippen LogP contribution in [0.2, 0.25) is 10.0 Å². The molecule has 20 heavy (non-hydrogen) atoms. The Labute approximate surface area is 134 Å². The van der Waals surface area contributed by atoms with Crippen molar-refractivity contribution in [3.05, 3.63) is 38.0 Å². The molecule has 0 fully saturated rings. The zero-order valence-electron chi connectivity index (χ0n) is 10.4. The number of aromatic nitrogens is 2. The molecule has 1 amide bonds. The van der Waals surface area contributed by atoms with Gasteiger partial charge in [-0.2, -0.15) is 5.10 Å². The predicted molar refractivity (Wildman–Crippen MR) is 84.5 cm³/mol. The van der Waals surface area contributed by atoms with Crippen LogP contribution < -0.4 is 11.1 Å². The first-order chi connectivity index (χ1) is 9.43. The normalized spacial score (nSPS) is 10.6. The molecule has 4 N–H and O–H groups in total. The number of rotatable bonds is 3. The second kappa shape index (κ2) is 6.03. The van der Waals surface area contributed by atoms with Crippen molar-refractivity contribution in [3.63, 3.8) is 0 Å². The minimum absolute atomic E-state index is 0.122. The topological polar surface area (TPSA) is 83.8 Å². The number of halogens is 3. The van der Waals surface area contributed by atoms with Gasteiger partial charge in [-0.15, -0.1) is 0 Å². The van der Waals surface area contributed by atoms with Crippen LogP contribution in [0.4, 0.5) is 11.4 Å². The standard InChI is InChI=1S/C12H11BrCl2N4O/c1-2-8-9(16)11(19-18-8)12(20)17-10-6(14)3-5(13)4-7(10)15/h3-4H,2,16H2,1H3,(H,17,20)(H,18,19). The first-order valence-electron chi connectivity index (χ1n) is 5.72. The van der Waals surface area contributed by atoms with E-state index in [1.165, 1.54) is 0 Å². The van der Waals surface area contributed by atoms with Gasteiger partial charge < -0.3 is 11.1 Å². The molecule has 0 atom stereocenters. The summed E-state index contributed by atoms with van der Waals surface area (Å²) in [6.45, 7) is 1.91. The lowest BCUT2D eigenvalue weighted by Gasteiger charge is -2.09. The highest BCUT2D eigenvalue weighted by Gasteiger charge is 2.19. The number of anilines is 2. The van der Waals surface area contributed by atoms with Crippen LogP contribution in [-0.2, 0) is 6.42 Å². The van der Waals surface area contributed by atoms with Crippen molar-refractivity contribution < 1.29 is 4.79 Å². The molecule has 0 unspecified atom stereocenters. The minimum Gasteiger partial charge on any atom is -0.395 e. The molecule has 0 saturated heterocycles. The fourth-order valence-electron chi connectivity index (χ4n) is 1.66. The minimum atomic E-state index is -0.468. The highest BCUT2D eigenvalue weighted by atomic mass is 79.9. The Balaban J connectivity index is 2.30. The Bertz CT molecular complexity index is 648. The average Bonchev–Trinajstić information content (AvgIpc) is 2.74. The first-order valence-corrected chi connectivity index (χ1v) is 7.27. The van der Waals surface area contributed by atoms with Gasteiger partial charge >= 0.3 is 0 Å². The molecule has 0 bridgehead atoms. The summed E-state index contributed by atoms with van der Waals surface area (Å²) in [5.74, 6) is -0.468. The number of carbonyl (C=O) groups excluding carboxylic acids is 1. The van der Waals surface area contributed by atoms with Crippen molar-refractivity contribution in [3.8, 4) is 0 Å². The number of hydrogen-bond donors (Lipinski definition) is 3. The van der Waals surface area contributed by atoms with Gasteiger partial charge in [0.2, 0.25) is 0 Å². The largest absolute Gasteiger partial charge is 0.395 e. The van der Waals surface area contributed by atoms with E-state index in [0.29, 0.717) is 33.5 Å². The second-order valence-electron chi connectivity index (χ2n) is 4.02. The third-order valence-electron chi connectivity index (χ3n) is 2.70. The van der Waals surface area contributed by atoms with Crippen molar-refractivity contribution in [2.75, 3.05) is 11.1 Å². The number of nitrogens with two attached hydrogens (primary N) is 1. The number of nitrogen functional groups attached to an aromatic ring is 1. The summed E-state index contributed by atoms with van der Waals surface area (Å²) in [7, 11) is 0.